The van der Waals surface area contributed by atoms with Gasteiger partial charge in [0.2, 0.25) is 5.75 Å². The van der Waals surface area contributed by atoms with E-state index in [0.29, 0.717) is 6.07 Å². The minimum absolute atomic E-state index is 0.198. The summed E-state index contributed by atoms with van der Waals surface area (Å²) in [6.07, 6.45) is 0. The van der Waals surface area contributed by atoms with E-state index in [4.69, 9.17) is 4.18 Å². The Balaban J connectivity index is 1.92. The van der Waals surface area contributed by atoms with Crippen LogP contribution in [0.5, 0.6) is 5.75 Å². The highest BCUT2D eigenvalue weighted by Gasteiger charge is 2.24. The van der Waals surface area contributed by atoms with Crippen molar-refractivity contribution in [1.29, 1.82) is 0 Å². The number of halogens is 1. The molecule has 0 radical (unpaired) electrons. The monoisotopic (exact) mass is 373 g/mol. The molecule has 0 aliphatic rings. The summed E-state index contributed by atoms with van der Waals surface area (Å²) in [7, 11) is -4.36. The molecule has 26 heavy (non-hydrogen) atoms. The van der Waals surface area contributed by atoms with Gasteiger partial charge in [-0.3, -0.25) is 10.1 Å². The third kappa shape index (κ3) is 3.70. The zero-order valence-corrected chi connectivity index (χ0v) is 14.0. The Kier molecular flexibility index (Phi) is 4.68. The minimum atomic E-state index is -4.36. The fourth-order valence-electron chi connectivity index (χ4n) is 2.32. The van der Waals surface area contributed by atoms with E-state index in [9.17, 15) is 22.9 Å². The van der Waals surface area contributed by atoms with Gasteiger partial charge in [-0.15, -0.1) is 0 Å². The summed E-state index contributed by atoms with van der Waals surface area (Å²) >= 11 is 0. The topological polar surface area (TPSA) is 86.5 Å². The Morgan fingerprint density at radius 3 is 2.12 bits per heavy atom. The molecular weight excluding hydrogens is 361 g/mol. The van der Waals surface area contributed by atoms with Crippen molar-refractivity contribution in [2.75, 3.05) is 0 Å². The summed E-state index contributed by atoms with van der Waals surface area (Å²) in [4.78, 5) is 9.92. The van der Waals surface area contributed by atoms with E-state index < -0.39 is 32.3 Å². The average molecular weight is 373 g/mol. The second-order valence-electron chi connectivity index (χ2n) is 5.30. The molecule has 0 aliphatic heterocycles. The van der Waals surface area contributed by atoms with Crippen molar-refractivity contribution in [3.8, 4) is 16.9 Å². The normalized spacial score (nSPS) is 11.1. The summed E-state index contributed by atoms with van der Waals surface area (Å²) in [6.45, 7) is 0. The number of rotatable bonds is 5. The highest BCUT2D eigenvalue weighted by Crippen LogP contribution is 2.30. The van der Waals surface area contributed by atoms with E-state index in [1.54, 1.807) is 12.1 Å². The summed E-state index contributed by atoms with van der Waals surface area (Å²) in [5.74, 6) is -1.53. The van der Waals surface area contributed by atoms with Gasteiger partial charge in [-0.25, -0.2) is 4.39 Å². The van der Waals surface area contributed by atoms with Gasteiger partial charge in [0.1, 0.15) is 10.7 Å². The largest absolute Gasteiger partial charge is 0.371 e. The van der Waals surface area contributed by atoms with E-state index in [1.807, 2.05) is 30.3 Å². The standard InChI is InChI=1S/C18H12FNO5S/c19-15-8-11-17(20(21)22)18(12-15)25-26(23,24)16-9-6-14(7-10-16)13-4-2-1-3-5-13/h1-12H. The molecule has 0 heterocycles. The van der Waals surface area contributed by atoms with Gasteiger partial charge in [-0.05, 0) is 29.3 Å². The van der Waals surface area contributed by atoms with Gasteiger partial charge in [-0.2, -0.15) is 8.42 Å². The molecule has 0 atom stereocenters. The van der Waals surface area contributed by atoms with Crippen LogP contribution >= 0.6 is 0 Å². The quantitative estimate of drug-likeness (QED) is 0.381. The SMILES string of the molecule is O=[N+]([O-])c1ccc(F)cc1OS(=O)(=O)c1ccc(-c2ccccc2)cc1. The van der Waals surface area contributed by atoms with Crippen molar-refractivity contribution in [2.45, 2.75) is 4.90 Å². The van der Waals surface area contributed by atoms with Crippen LogP contribution in [0.25, 0.3) is 11.1 Å². The first-order chi connectivity index (χ1) is 12.4. The zero-order chi connectivity index (χ0) is 18.7. The molecule has 0 bridgehead atoms. The number of nitrogens with zero attached hydrogens (tertiary/aromatic N) is 1. The van der Waals surface area contributed by atoms with Crippen LogP contribution in [0.15, 0.2) is 77.7 Å². The molecule has 6 nitrogen and oxygen atoms in total. The van der Waals surface area contributed by atoms with Gasteiger partial charge >= 0.3 is 15.8 Å². The lowest BCUT2D eigenvalue weighted by molar-refractivity contribution is -0.385. The lowest BCUT2D eigenvalue weighted by Gasteiger charge is -2.08. The Bertz CT molecular complexity index is 1050. The molecule has 0 unspecified atom stereocenters. The van der Waals surface area contributed by atoms with Crippen LogP contribution in [0.1, 0.15) is 0 Å². The van der Waals surface area contributed by atoms with Gasteiger partial charge in [0.05, 0.1) is 4.92 Å². The predicted octanol–water partition coefficient (Wildman–Crippen LogP) is 4.17. The molecule has 3 aromatic rings. The van der Waals surface area contributed by atoms with E-state index in [1.165, 1.54) is 12.1 Å². The van der Waals surface area contributed by atoms with Gasteiger partial charge in [-0.1, -0.05) is 42.5 Å². The van der Waals surface area contributed by atoms with Gasteiger partial charge in [0.25, 0.3) is 0 Å². The first-order valence-corrected chi connectivity index (χ1v) is 8.81. The van der Waals surface area contributed by atoms with Gasteiger partial charge in [0.15, 0.2) is 0 Å². The maximum atomic E-state index is 13.3. The van der Waals surface area contributed by atoms with Crippen molar-refractivity contribution in [3.05, 3.63) is 88.7 Å². The lowest BCUT2D eigenvalue weighted by atomic mass is 10.1. The molecule has 3 aromatic carbocycles. The molecule has 0 saturated heterocycles. The van der Waals surface area contributed by atoms with Crippen molar-refractivity contribution in [2.24, 2.45) is 0 Å². The molecule has 8 heteroatoms. The Morgan fingerprint density at radius 1 is 0.885 bits per heavy atom. The van der Waals surface area contributed by atoms with Crippen LogP contribution in [-0.4, -0.2) is 13.3 Å². The molecule has 0 saturated carbocycles. The zero-order valence-electron chi connectivity index (χ0n) is 13.2. The van der Waals surface area contributed by atoms with Crippen LogP contribution in [-0.2, 0) is 10.1 Å². The minimum Gasteiger partial charge on any atom is -0.371 e. The molecule has 0 fully saturated rings. The fourth-order valence-corrected chi connectivity index (χ4v) is 3.25. The van der Waals surface area contributed by atoms with Crippen molar-refractivity contribution in [1.82, 2.24) is 0 Å². The number of hydrogen-bond acceptors (Lipinski definition) is 5. The molecule has 0 amide bonds. The second-order valence-corrected chi connectivity index (χ2v) is 6.84. The predicted molar refractivity (Wildman–Crippen MR) is 92.7 cm³/mol. The fraction of sp³-hybridized carbons (Fsp3) is 0. The molecule has 0 aromatic heterocycles. The van der Waals surface area contributed by atoms with Crippen LogP contribution in [0.3, 0.4) is 0 Å². The van der Waals surface area contributed by atoms with Crippen LogP contribution in [0.4, 0.5) is 10.1 Å². The average Bonchev–Trinajstić information content (AvgIpc) is 2.62. The smallest absolute Gasteiger partial charge is 0.339 e. The van der Waals surface area contributed by atoms with Crippen LogP contribution in [0.2, 0.25) is 0 Å². The van der Waals surface area contributed by atoms with E-state index >= 15 is 0 Å². The number of benzene rings is 3. The first kappa shape index (κ1) is 17.6. The second kappa shape index (κ2) is 6.93. The Morgan fingerprint density at radius 2 is 1.50 bits per heavy atom. The highest BCUT2D eigenvalue weighted by atomic mass is 32.2. The first-order valence-electron chi connectivity index (χ1n) is 7.41. The molecular formula is C18H12FNO5S. The molecule has 0 N–H and O–H groups in total. The maximum Gasteiger partial charge on any atom is 0.339 e. The highest BCUT2D eigenvalue weighted by molar-refractivity contribution is 7.87. The maximum absolute atomic E-state index is 13.3. The molecule has 132 valence electrons. The van der Waals surface area contributed by atoms with Crippen molar-refractivity contribution >= 4 is 15.8 Å². The van der Waals surface area contributed by atoms with Crippen molar-refractivity contribution < 1.29 is 21.9 Å². The van der Waals surface area contributed by atoms with E-state index in [0.717, 1.165) is 23.3 Å². The summed E-state index contributed by atoms with van der Waals surface area (Å²) in [6, 6.07) is 17.5. The molecule has 0 spiro atoms. The molecule has 0 aliphatic carbocycles. The molecule has 3 rings (SSSR count). The number of nitro benzene ring substituents is 1. The third-order valence-electron chi connectivity index (χ3n) is 3.57. The van der Waals surface area contributed by atoms with E-state index in [2.05, 4.69) is 0 Å². The van der Waals surface area contributed by atoms with Crippen molar-refractivity contribution in [3.63, 3.8) is 0 Å². The number of hydrogen-bond donors (Lipinski definition) is 0. The van der Waals surface area contributed by atoms with Gasteiger partial charge in [0, 0.05) is 12.1 Å². The Labute approximate surface area is 148 Å². The summed E-state index contributed by atoms with van der Waals surface area (Å²) in [5.41, 5.74) is 1.05. The Hall–Kier alpha value is -3.26. The van der Waals surface area contributed by atoms with Crippen LogP contribution < -0.4 is 4.18 Å². The van der Waals surface area contributed by atoms with E-state index in [-0.39, 0.29) is 4.90 Å². The van der Waals surface area contributed by atoms with Crippen LogP contribution in [0, 0.1) is 15.9 Å². The lowest BCUT2D eigenvalue weighted by Crippen LogP contribution is -2.11. The summed E-state index contributed by atoms with van der Waals surface area (Å²) in [5, 5.41) is 11.0. The third-order valence-corrected chi connectivity index (χ3v) is 4.82. The van der Waals surface area contributed by atoms with Gasteiger partial charge < -0.3 is 4.18 Å². The summed E-state index contributed by atoms with van der Waals surface area (Å²) < 4.78 is 42.9. The number of nitro groups is 1.